The third-order valence-corrected chi connectivity index (χ3v) is 2.69. The maximum absolute atomic E-state index is 6.09. The average Bonchev–Trinajstić information content (AvgIpc) is 2.16. The van der Waals surface area contributed by atoms with E-state index in [1.54, 1.807) is 7.11 Å². The molecule has 0 aliphatic rings. The predicted molar refractivity (Wildman–Crippen MR) is 66.8 cm³/mol. The number of nitrogens with one attached hydrogen (secondary N) is 1. The highest BCUT2D eigenvalue weighted by molar-refractivity contribution is 5.32. The van der Waals surface area contributed by atoms with Gasteiger partial charge in [0.25, 0.3) is 0 Å². The van der Waals surface area contributed by atoms with Crippen molar-refractivity contribution < 1.29 is 4.84 Å². The van der Waals surface area contributed by atoms with Gasteiger partial charge in [0.15, 0.2) is 0 Å². The van der Waals surface area contributed by atoms with Crippen molar-refractivity contribution >= 4 is 0 Å². The second kappa shape index (κ2) is 4.53. The molecule has 1 aromatic carbocycles. The quantitative estimate of drug-likeness (QED) is 0.768. The first-order chi connectivity index (χ1) is 7.27. The fourth-order valence-corrected chi connectivity index (χ4v) is 1.62. The summed E-state index contributed by atoms with van der Waals surface area (Å²) in [4.78, 5) is 5.01. The van der Waals surface area contributed by atoms with Crippen LogP contribution in [-0.2, 0) is 15.9 Å². The Morgan fingerprint density at radius 1 is 1.12 bits per heavy atom. The fraction of sp³-hybridized carbons (Fsp3) is 0.538. The smallest absolute Gasteiger partial charge is 0.0624 e. The van der Waals surface area contributed by atoms with E-state index in [0.29, 0.717) is 0 Å². The third-order valence-electron chi connectivity index (χ3n) is 2.69. The molecule has 3 N–H and O–H groups in total. The summed E-state index contributed by atoms with van der Waals surface area (Å²) in [5, 5.41) is 0. The van der Waals surface area contributed by atoms with Crippen molar-refractivity contribution in [3.05, 3.63) is 35.4 Å². The Morgan fingerprint density at radius 2 is 1.69 bits per heavy atom. The summed E-state index contributed by atoms with van der Waals surface area (Å²) in [6.07, 6.45) is 0. The van der Waals surface area contributed by atoms with E-state index in [-0.39, 0.29) is 11.1 Å². The normalized spacial score (nSPS) is 12.9. The minimum Gasteiger partial charge on any atom is -0.322 e. The highest BCUT2D eigenvalue weighted by Gasteiger charge is 2.22. The molecule has 0 bridgehead atoms. The van der Waals surface area contributed by atoms with Gasteiger partial charge in [0.2, 0.25) is 0 Å². The molecule has 0 saturated heterocycles. The first-order valence-electron chi connectivity index (χ1n) is 5.47. The molecule has 0 spiro atoms. The Hall–Kier alpha value is -0.900. The first kappa shape index (κ1) is 13.2. The highest BCUT2D eigenvalue weighted by atomic mass is 16.6. The van der Waals surface area contributed by atoms with Gasteiger partial charge in [-0.05, 0) is 38.8 Å². The van der Waals surface area contributed by atoms with Crippen LogP contribution in [0, 0.1) is 0 Å². The van der Waals surface area contributed by atoms with E-state index in [2.05, 4.69) is 31.5 Å². The van der Waals surface area contributed by atoms with Crippen molar-refractivity contribution in [2.75, 3.05) is 7.11 Å². The van der Waals surface area contributed by atoms with Gasteiger partial charge in [0, 0.05) is 5.54 Å². The Labute approximate surface area is 97.9 Å². The van der Waals surface area contributed by atoms with Crippen molar-refractivity contribution in [2.24, 2.45) is 5.73 Å². The van der Waals surface area contributed by atoms with E-state index in [1.807, 2.05) is 26.0 Å². The zero-order chi connectivity index (χ0) is 12.4. The summed E-state index contributed by atoms with van der Waals surface area (Å²) < 4.78 is 0. The molecule has 3 nitrogen and oxygen atoms in total. The summed E-state index contributed by atoms with van der Waals surface area (Å²) in [7, 11) is 1.62. The zero-order valence-corrected chi connectivity index (χ0v) is 10.8. The molecule has 1 rings (SSSR count). The lowest BCUT2D eigenvalue weighted by Gasteiger charge is -2.28. The number of hydroxylamine groups is 1. The van der Waals surface area contributed by atoms with Gasteiger partial charge in [0.1, 0.15) is 0 Å². The molecule has 0 aliphatic carbocycles. The van der Waals surface area contributed by atoms with E-state index in [1.165, 1.54) is 0 Å². The molecule has 1 aromatic rings. The molecular formula is C13H22N2O. The number of benzene rings is 1. The van der Waals surface area contributed by atoms with Crippen LogP contribution in [0.5, 0.6) is 0 Å². The number of hydrogen-bond acceptors (Lipinski definition) is 3. The topological polar surface area (TPSA) is 47.3 Å². The van der Waals surface area contributed by atoms with Crippen molar-refractivity contribution in [1.29, 1.82) is 0 Å². The number of rotatable bonds is 4. The molecule has 0 aromatic heterocycles. The van der Waals surface area contributed by atoms with Crippen LogP contribution in [0.1, 0.15) is 38.8 Å². The lowest BCUT2D eigenvalue weighted by Crippen LogP contribution is -2.36. The summed E-state index contributed by atoms with van der Waals surface area (Å²) >= 11 is 0. The van der Waals surface area contributed by atoms with Crippen LogP contribution in [0.4, 0.5) is 0 Å². The molecule has 0 unspecified atom stereocenters. The number of hydrogen-bond donors (Lipinski definition) is 2. The summed E-state index contributed by atoms with van der Waals surface area (Å²) in [6.45, 7) is 8.14. The maximum atomic E-state index is 6.09. The van der Waals surface area contributed by atoms with Gasteiger partial charge in [-0.3, -0.25) is 0 Å². The Bertz CT molecular complexity index is 353. The summed E-state index contributed by atoms with van der Waals surface area (Å²) in [5.41, 5.74) is 10.8. The van der Waals surface area contributed by atoms with Gasteiger partial charge < -0.3 is 10.6 Å². The summed E-state index contributed by atoms with van der Waals surface area (Å²) in [5.74, 6) is 0. The van der Waals surface area contributed by atoms with Crippen LogP contribution in [0.3, 0.4) is 0 Å². The van der Waals surface area contributed by atoms with Crippen LogP contribution >= 0.6 is 0 Å². The SMILES string of the molecule is CONC(C)(C)c1cccc(C(C)(C)N)c1. The van der Waals surface area contributed by atoms with Crippen molar-refractivity contribution in [3.8, 4) is 0 Å². The van der Waals surface area contributed by atoms with Crippen LogP contribution in [-0.4, -0.2) is 7.11 Å². The molecule has 3 heteroatoms. The third kappa shape index (κ3) is 3.04. The van der Waals surface area contributed by atoms with E-state index >= 15 is 0 Å². The molecule has 0 aliphatic heterocycles. The first-order valence-corrected chi connectivity index (χ1v) is 5.47. The van der Waals surface area contributed by atoms with Gasteiger partial charge in [-0.15, -0.1) is 0 Å². The van der Waals surface area contributed by atoms with Gasteiger partial charge in [-0.25, -0.2) is 0 Å². The molecule has 0 radical (unpaired) electrons. The average molecular weight is 222 g/mol. The Balaban J connectivity index is 3.08. The Morgan fingerprint density at radius 3 is 2.19 bits per heavy atom. The van der Waals surface area contributed by atoms with Crippen LogP contribution in [0.25, 0.3) is 0 Å². The second-order valence-corrected chi connectivity index (χ2v) is 5.23. The predicted octanol–water partition coefficient (Wildman–Crippen LogP) is 2.27. The van der Waals surface area contributed by atoms with Crippen molar-refractivity contribution in [1.82, 2.24) is 5.48 Å². The van der Waals surface area contributed by atoms with E-state index < -0.39 is 0 Å². The van der Waals surface area contributed by atoms with E-state index in [4.69, 9.17) is 10.6 Å². The van der Waals surface area contributed by atoms with Crippen LogP contribution in [0.2, 0.25) is 0 Å². The van der Waals surface area contributed by atoms with E-state index in [0.717, 1.165) is 11.1 Å². The zero-order valence-electron chi connectivity index (χ0n) is 10.8. The van der Waals surface area contributed by atoms with Crippen molar-refractivity contribution in [3.63, 3.8) is 0 Å². The highest BCUT2D eigenvalue weighted by Crippen LogP contribution is 2.24. The molecule has 0 saturated carbocycles. The lowest BCUT2D eigenvalue weighted by molar-refractivity contribution is 0.0256. The van der Waals surface area contributed by atoms with Gasteiger partial charge in [-0.2, -0.15) is 5.48 Å². The monoisotopic (exact) mass is 222 g/mol. The van der Waals surface area contributed by atoms with Crippen LogP contribution in [0.15, 0.2) is 24.3 Å². The Kier molecular flexibility index (Phi) is 3.73. The molecular weight excluding hydrogens is 200 g/mol. The summed E-state index contributed by atoms with van der Waals surface area (Å²) in [6, 6.07) is 8.26. The van der Waals surface area contributed by atoms with Gasteiger partial charge >= 0.3 is 0 Å². The molecule has 0 atom stereocenters. The fourth-order valence-electron chi connectivity index (χ4n) is 1.62. The van der Waals surface area contributed by atoms with Gasteiger partial charge in [-0.1, -0.05) is 24.3 Å². The van der Waals surface area contributed by atoms with E-state index in [9.17, 15) is 0 Å². The molecule has 16 heavy (non-hydrogen) atoms. The standard InChI is InChI=1S/C13H22N2O/c1-12(2,14)10-7-6-8-11(9-10)13(3,4)15-16-5/h6-9,15H,14H2,1-5H3. The largest absolute Gasteiger partial charge is 0.322 e. The second-order valence-electron chi connectivity index (χ2n) is 5.23. The molecule has 0 amide bonds. The minimum absolute atomic E-state index is 0.226. The lowest BCUT2D eigenvalue weighted by atomic mass is 9.88. The van der Waals surface area contributed by atoms with Crippen molar-refractivity contribution in [2.45, 2.75) is 38.8 Å². The molecule has 0 fully saturated rings. The maximum Gasteiger partial charge on any atom is 0.0624 e. The number of nitrogens with two attached hydrogens (primary N) is 1. The molecule has 90 valence electrons. The molecule has 0 heterocycles. The van der Waals surface area contributed by atoms with Gasteiger partial charge in [0.05, 0.1) is 12.6 Å². The van der Waals surface area contributed by atoms with Crippen LogP contribution < -0.4 is 11.2 Å². The minimum atomic E-state index is -0.320.